The van der Waals surface area contributed by atoms with Crippen molar-refractivity contribution in [3.05, 3.63) is 29.8 Å². The maximum Gasteiger partial charge on any atom is 0.245 e. The van der Waals surface area contributed by atoms with Gasteiger partial charge in [0.1, 0.15) is 6.04 Å². The summed E-state index contributed by atoms with van der Waals surface area (Å²) in [4.78, 5) is 28.7. The fourth-order valence-electron chi connectivity index (χ4n) is 2.22. The highest BCUT2D eigenvalue weighted by molar-refractivity contribution is 7.99. The summed E-state index contributed by atoms with van der Waals surface area (Å²) in [6, 6.07) is 9.07. The van der Waals surface area contributed by atoms with Gasteiger partial charge in [-0.15, -0.1) is 23.5 Å². The van der Waals surface area contributed by atoms with E-state index in [4.69, 9.17) is 5.26 Å². The number of nitriles is 1. The van der Waals surface area contributed by atoms with Gasteiger partial charge in [-0.2, -0.15) is 5.26 Å². The molecule has 0 bridgehead atoms. The molecule has 0 N–H and O–H groups in total. The third kappa shape index (κ3) is 4.66. The molecule has 0 spiro atoms. The Morgan fingerprint density at radius 2 is 2.09 bits per heavy atom. The van der Waals surface area contributed by atoms with Crippen molar-refractivity contribution in [1.82, 2.24) is 9.80 Å². The van der Waals surface area contributed by atoms with E-state index in [1.165, 1.54) is 0 Å². The van der Waals surface area contributed by atoms with Crippen LogP contribution in [0.2, 0.25) is 0 Å². The number of hydrogen-bond donors (Lipinski definition) is 0. The van der Waals surface area contributed by atoms with Gasteiger partial charge in [-0.1, -0.05) is 0 Å². The summed E-state index contributed by atoms with van der Waals surface area (Å²) in [6.45, 7) is 0. The minimum absolute atomic E-state index is 0.0110. The normalized spacial score (nSPS) is 16.9. The van der Waals surface area contributed by atoms with Crippen LogP contribution in [-0.4, -0.2) is 59.1 Å². The van der Waals surface area contributed by atoms with Crippen LogP contribution in [-0.2, 0) is 9.59 Å². The van der Waals surface area contributed by atoms with Gasteiger partial charge in [0, 0.05) is 36.9 Å². The third-order valence-corrected chi connectivity index (χ3v) is 5.52. The molecule has 122 valence electrons. The molecule has 1 aliphatic heterocycles. The van der Waals surface area contributed by atoms with E-state index in [0.29, 0.717) is 29.4 Å². The molecule has 0 aromatic heterocycles. The van der Waals surface area contributed by atoms with Crippen LogP contribution < -0.4 is 0 Å². The summed E-state index contributed by atoms with van der Waals surface area (Å²) in [5, 5.41) is 8.77. The molecule has 0 aliphatic carbocycles. The predicted molar refractivity (Wildman–Crippen MR) is 93.2 cm³/mol. The molecule has 1 aliphatic rings. The molecule has 0 unspecified atom stereocenters. The number of benzene rings is 1. The molecular formula is C16H19N3O2S2. The van der Waals surface area contributed by atoms with Gasteiger partial charge in [-0.3, -0.25) is 9.59 Å². The Balaban J connectivity index is 1.84. The number of hydrogen-bond acceptors (Lipinski definition) is 5. The molecule has 1 aromatic rings. The van der Waals surface area contributed by atoms with Gasteiger partial charge in [0.15, 0.2) is 0 Å². The number of carbonyl (C=O) groups excluding carboxylic acids is 2. The minimum atomic E-state index is -0.331. The average molecular weight is 349 g/mol. The first kappa shape index (κ1) is 17.7. The second-order valence-corrected chi connectivity index (χ2v) is 7.51. The molecule has 1 saturated heterocycles. The van der Waals surface area contributed by atoms with E-state index in [-0.39, 0.29) is 17.9 Å². The Labute approximate surface area is 145 Å². The first-order valence-corrected chi connectivity index (χ1v) is 9.38. The SMILES string of the molecule is CN(C)C(=O)[C@H]1CSCN1C(=O)CCSc1ccc(C#N)cc1. The zero-order valence-electron chi connectivity index (χ0n) is 13.2. The van der Waals surface area contributed by atoms with Crippen LogP contribution in [0.5, 0.6) is 0 Å². The maximum absolute atomic E-state index is 12.4. The van der Waals surface area contributed by atoms with Crippen molar-refractivity contribution in [3.8, 4) is 6.07 Å². The second kappa shape index (κ2) is 8.27. The number of rotatable bonds is 5. The third-order valence-electron chi connectivity index (χ3n) is 3.50. The van der Waals surface area contributed by atoms with Crippen molar-refractivity contribution in [2.45, 2.75) is 17.4 Å². The van der Waals surface area contributed by atoms with Crippen LogP contribution in [0.25, 0.3) is 0 Å². The Morgan fingerprint density at radius 1 is 1.39 bits per heavy atom. The van der Waals surface area contributed by atoms with Gasteiger partial charge in [0.05, 0.1) is 17.5 Å². The van der Waals surface area contributed by atoms with E-state index in [1.807, 2.05) is 12.1 Å². The van der Waals surface area contributed by atoms with Gasteiger partial charge < -0.3 is 9.80 Å². The van der Waals surface area contributed by atoms with Crippen LogP contribution in [0.4, 0.5) is 0 Å². The van der Waals surface area contributed by atoms with Crippen LogP contribution in [0.15, 0.2) is 29.2 Å². The summed E-state index contributed by atoms with van der Waals surface area (Å²) in [7, 11) is 3.43. The monoisotopic (exact) mass is 349 g/mol. The number of nitrogens with zero attached hydrogens (tertiary/aromatic N) is 3. The molecule has 2 amide bonds. The van der Waals surface area contributed by atoms with Gasteiger partial charge in [0.2, 0.25) is 11.8 Å². The zero-order valence-corrected chi connectivity index (χ0v) is 14.8. The molecule has 23 heavy (non-hydrogen) atoms. The van der Waals surface area contributed by atoms with Gasteiger partial charge in [0.25, 0.3) is 0 Å². The van der Waals surface area contributed by atoms with Crippen LogP contribution in [0, 0.1) is 11.3 Å². The fourth-order valence-corrected chi connectivity index (χ4v) is 4.23. The number of likely N-dealkylation sites (N-methyl/N-ethyl adjacent to an activating group) is 1. The summed E-state index contributed by atoms with van der Waals surface area (Å²) >= 11 is 3.20. The zero-order chi connectivity index (χ0) is 16.8. The highest BCUT2D eigenvalue weighted by Gasteiger charge is 2.34. The Bertz CT molecular complexity index is 611. The second-order valence-electron chi connectivity index (χ2n) is 5.35. The molecule has 1 heterocycles. The molecule has 0 saturated carbocycles. The van der Waals surface area contributed by atoms with Gasteiger partial charge in [-0.25, -0.2) is 0 Å². The highest BCUT2D eigenvalue weighted by Crippen LogP contribution is 2.24. The van der Waals surface area contributed by atoms with E-state index in [2.05, 4.69) is 6.07 Å². The molecule has 1 fully saturated rings. The molecule has 5 nitrogen and oxygen atoms in total. The van der Waals surface area contributed by atoms with Crippen molar-refractivity contribution >= 4 is 35.3 Å². The van der Waals surface area contributed by atoms with E-state index in [0.717, 1.165) is 4.90 Å². The first-order chi connectivity index (χ1) is 11.0. The standard InChI is InChI=1S/C16H19N3O2S2/c1-18(2)16(21)14-10-22-11-19(14)15(20)7-8-23-13-5-3-12(9-17)4-6-13/h3-6,14H,7-8,10-11H2,1-2H3/t14-/m1/s1. The number of thioether (sulfide) groups is 2. The van der Waals surface area contributed by atoms with Crippen molar-refractivity contribution in [1.29, 1.82) is 5.26 Å². The molecule has 0 radical (unpaired) electrons. The van der Waals surface area contributed by atoms with Crippen molar-refractivity contribution in [3.63, 3.8) is 0 Å². The molecule has 7 heteroatoms. The van der Waals surface area contributed by atoms with Crippen molar-refractivity contribution in [2.24, 2.45) is 0 Å². The van der Waals surface area contributed by atoms with E-state index < -0.39 is 0 Å². The van der Waals surface area contributed by atoms with E-state index in [1.54, 1.807) is 59.6 Å². The summed E-state index contributed by atoms with van der Waals surface area (Å²) in [5.74, 6) is 1.93. The average Bonchev–Trinajstić information content (AvgIpc) is 3.04. The van der Waals surface area contributed by atoms with Crippen molar-refractivity contribution < 1.29 is 9.59 Å². The van der Waals surface area contributed by atoms with Crippen LogP contribution in [0.1, 0.15) is 12.0 Å². The van der Waals surface area contributed by atoms with Crippen LogP contribution >= 0.6 is 23.5 Å². The minimum Gasteiger partial charge on any atom is -0.347 e. The quantitative estimate of drug-likeness (QED) is 0.761. The Morgan fingerprint density at radius 3 is 2.70 bits per heavy atom. The molecule has 2 rings (SSSR count). The Hall–Kier alpha value is -1.65. The highest BCUT2D eigenvalue weighted by atomic mass is 32.2. The maximum atomic E-state index is 12.4. The van der Waals surface area contributed by atoms with Crippen LogP contribution in [0.3, 0.4) is 0 Å². The summed E-state index contributed by atoms with van der Waals surface area (Å²) < 4.78 is 0. The summed E-state index contributed by atoms with van der Waals surface area (Å²) in [5.41, 5.74) is 0.629. The molecule has 1 atom stereocenters. The number of carbonyl (C=O) groups is 2. The fraction of sp³-hybridized carbons (Fsp3) is 0.438. The number of amides is 2. The largest absolute Gasteiger partial charge is 0.347 e. The summed E-state index contributed by atoms with van der Waals surface area (Å²) in [6.07, 6.45) is 0.405. The lowest BCUT2D eigenvalue weighted by molar-refractivity contribution is -0.141. The van der Waals surface area contributed by atoms with Gasteiger partial charge in [-0.05, 0) is 24.3 Å². The van der Waals surface area contributed by atoms with E-state index >= 15 is 0 Å². The van der Waals surface area contributed by atoms with E-state index in [9.17, 15) is 9.59 Å². The smallest absolute Gasteiger partial charge is 0.245 e. The lowest BCUT2D eigenvalue weighted by Gasteiger charge is -2.25. The van der Waals surface area contributed by atoms with Gasteiger partial charge >= 0.3 is 0 Å². The lowest BCUT2D eigenvalue weighted by atomic mass is 10.2. The lowest BCUT2D eigenvalue weighted by Crippen LogP contribution is -2.46. The van der Waals surface area contributed by atoms with Crippen molar-refractivity contribution in [2.75, 3.05) is 31.5 Å². The first-order valence-electron chi connectivity index (χ1n) is 7.24. The molecule has 1 aromatic carbocycles. The predicted octanol–water partition coefficient (Wildman–Crippen LogP) is 2.03. The molecular weight excluding hydrogens is 330 g/mol. The Kier molecular flexibility index (Phi) is 6.37. The topological polar surface area (TPSA) is 64.4 Å².